The Morgan fingerprint density at radius 2 is 1.92 bits per heavy atom. The van der Waals surface area contributed by atoms with E-state index in [9.17, 15) is 4.79 Å². The lowest BCUT2D eigenvalue weighted by molar-refractivity contribution is -0.123. The van der Waals surface area contributed by atoms with E-state index < -0.39 is 0 Å². The first kappa shape index (κ1) is 19.8. The summed E-state index contributed by atoms with van der Waals surface area (Å²) in [6.45, 7) is 13.7. The molecular weight excluding hydrogens is 312 g/mol. The number of ether oxygens (including phenoxy) is 1. The van der Waals surface area contributed by atoms with Gasteiger partial charge in [-0.25, -0.2) is 0 Å². The van der Waals surface area contributed by atoms with Crippen molar-refractivity contribution in [3.8, 4) is 5.75 Å². The van der Waals surface area contributed by atoms with E-state index in [-0.39, 0.29) is 18.1 Å². The summed E-state index contributed by atoms with van der Waals surface area (Å²) in [7, 11) is 0. The number of aryl methyl sites for hydroxylation is 1. The molecule has 1 aliphatic rings. The molecule has 0 aromatic heterocycles. The van der Waals surface area contributed by atoms with Crippen LogP contribution < -0.4 is 10.1 Å². The number of amides is 1. The van der Waals surface area contributed by atoms with Crippen LogP contribution in [-0.2, 0) is 4.79 Å². The minimum atomic E-state index is -0.0544. The Morgan fingerprint density at radius 3 is 2.56 bits per heavy atom. The van der Waals surface area contributed by atoms with Crippen LogP contribution in [0.2, 0.25) is 0 Å². The standard InChI is InChI=1S/C21H34N2O2/c1-16(2)18-10-9-17(3)13-19(18)25-14-20(24)22-15-21(4,5)23-11-7-6-8-12-23/h9-10,13,16H,6-8,11-12,14-15H2,1-5H3,(H,22,24). The summed E-state index contributed by atoms with van der Waals surface area (Å²) in [6, 6.07) is 6.19. The molecule has 4 nitrogen and oxygen atoms in total. The lowest BCUT2D eigenvalue weighted by atomic mass is 9.98. The molecule has 0 spiro atoms. The molecule has 140 valence electrons. The van der Waals surface area contributed by atoms with Gasteiger partial charge in [0.2, 0.25) is 0 Å². The van der Waals surface area contributed by atoms with Crippen molar-refractivity contribution >= 4 is 5.91 Å². The molecule has 0 saturated carbocycles. The maximum Gasteiger partial charge on any atom is 0.258 e. The molecule has 1 saturated heterocycles. The topological polar surface area (TPSA) is 41.6 Å². The molecule has 1 aromatic carbocycles. The number of carbonyl (C=O) groups excluding carboxylic acids is 1. The Morgan fingerprint density at radius 1 is 1.24 bits per heavy atom. The number of carbonyl (C=O) groups is 1. The van der Waals surface area contributed by atoms with Crippen LogP contribution in [0.25, 0.3) is 0 Å². The number of piperidine rings is 1. The van der Waals surface area contributed by atoms with Crippen LogP contribution in [0.15, 0.2) is 18.2 Å². The third-order valence-electron chi connectivity index (χ3n) is 5.08. The van der Waals surface area contributed by atoms with Gasteiger partial charge in [-0.05, 0) is 69.8 Å². The van der Waals surface area contributed by atoms with Gasteiger partial charge in [0.05, 0.1) is 0 Å². The molecule has 4 heteroatoms. The second-order valence-corrected chi connectivity index (χ2v) is 8.12. The largest absolute Gasteiger partial charge is 0.483 e. The van der Waals surface area contributed by atoms with Crippen molar-refractivity contribution in [1.29, 1.82) is 0 Å². The lowest BCUT2D eigenvalue weighted by Gasteiger charge is -2.41. The number of hydrogen-bond donors (Lipinski definition) is 1. The van der Waals surface area contributed by atoms with E-state index in [1.54, 1.807) is 0 Å². The van der Waals surface area contributed by atoms with Crippen LogP contribution in [0.5, 0.6) is 5.75 Å². The summed E-state index contributed by atoms with van der Waals surface area (Å²) in [5.41, 5.74) is 2.28. The van der Waals surface area contributed by atoms with Crippen LogP contribution in [0.4, 0.5) is 0 Å². The van der Waals surface area contributed by atoms with Gasteiger partial charge in [-0.2, -0.15) is 0 Å². The summed E-state index contributed by atoms with van der Waals surface area (Å²) >= 11 is 0. The highest BCUT2D eigenvalue weighted by Gasteiger charge is 2.28. The second kappa shape index (κ2) is 8.70. The van der Waals surface area contributed by atoms with Gasteiger partial charge in [-0.15, -0.1) is 0 Å². The van der Waals surface area contributed by atoms with E-state index in [1.807, 2.05) is 13.0 Å². The summed E-state index contributed by atoms with van der Waals surface area (Å²) in [6.07, 6.45) is 3.83. The first-order chi connectivity index (χ1) is 11.8. The van der Waals surface area contributed by atoms with E-state index >= 15 is 0 Å². The lowest BCUT2D eigenvalue weighted by Crippen LogP contribution is -2.53. The predicted octanol–water partition coefficient (Wildman–Crippen LogP) is 3.88. The Labute approximate surface area is 152 Å². The van der Waals surface area contributed by atoms with Gasteiger partial charge in [0, 0.05) is 12.1 Å². The van der Waals surface area contributed by atoms with Gasteiger partial charge in [0.1, 0.15) is 5.75 Å². The van der Waals surface area contributed by atoms with E-state index in [1.165, 1.54) is 19.3 Å². The quantitative estimate of drug-likeness (QED) is 0.815. The normalized spacial score (nSPS) is 16.1. The highest BCUT2D eigenvalue weighted by molar-refractivity contribution is 5.77. The molecule has 1 aliphatic heterocycles. The number of likely N-dealkylation sites (tertiary alicyclic amines) is 1. The van der Waals surface area contributed by atoms with Gasteiger partial charge < -0.3 is 10.1 Å². The summed E-state index contributed by atoms with van der Waals surface area (Å²) in [5.74, 6) is 1.14. The fraction of sp³-hybridized carbons (Fsp3) is 0.667. The van der Waals surface area contributed by atoms with Crippen molar-refractivity contribution < 1.29 is 9.53 Å². The van der Waals surface area contributed by atoms with Crippen molar-refractivity contribution in [2.24, 2.45) is 0 Å². The van der Waals surface area contributed by atoms with Crippen molar-refractivity contribution in [3.63, 3.8) is 0 Å². The molecule has 0 atom stereocenters. The number of nitrogens with zero attached hydrogens (tertiary/aromatic N) is 1. The van der Waals surface area contributed by atoms with Crippen LogP contribution >= 0.6 is 0 Å². The Kier molecular flexibility index (Phi) is 6.88. The van der Waals surface area contributed by atoms with Gasteiger partial charge in [-0.1, -0.05) is 32.4 Å². The zero-order chi connectivity index (χ0) is 18.4. The molecule has 0 radical (unpaired) electrons. The monoisotopic (exact) mass is 346 g/mol. The zero-order valence-electron chi connectivity index (χ0n) is 16.5. The molecular formula is C21H34N2O2. The molecule has 1 fully saturated rings. The van der Waals surface area contributed by atoms with Crippen LogP contribution in [0.1, 0.15) is 64.0 Å². The van der Waals surface area contributed by atoms with E-state index in [0.717, 1.165) is 30.0 Å². The number of rotatable bonds is 7. The highest BCUT2D eigenvalue weighted by atomic mass is 16.5. The van der Waals surface area contributed by atoms with Crippen LogP contribution in [-0.4, -0.2) is 42.6 Å². The molecule has 1 N–H and O–H groups in total. The fourth-order valence-electron chi connectivity index (χ4n) is 3.36. The predicted molar refractivity (Wildman–Crippen MR) is 103 cm³/mol. The molecule has 1 amide bonds. The zero-order valence-corrected chi connectivity index (χ0v) is 16.5. The first-order valence-corrected chi connectivity index (χ1v) is 9.55. The van der Waals surface area contributed by atoms with Gasteiger partial charge >= 0.3 is 0 Å². The Hall–Kier alpha value is -1.55. The molecule has 0 bridgehead atoms. The van der Waals surface area contributed by atoms with E-state index in [0.29, 0.717) is 12.5 Å². The average molecular weight is 347 g/mol. The molecule has 1 heterocycles. The Balaban J connectivity index is 1.85. The van der Waals surface area contributed by atoms with Crippen molar-refractivity contribution in [3.05, 3.63) is 29.3 Å². The smallest absolute Gasteiger partial charge is 0.258 e. The molecule has 25 heavy (non-hydrogen) atoms. The third-order valence-corrected chi connectivity index (χ3v) is 5.08. The van der Waals surface area contributed by atoms with Gasteiger partial charge in [0.25, 0.3) is 5.91 Å². The number of hydrogen-bond acceptors (Lipinski definition) is 3. The van der Waals surface area contributed by atoms with E-state index in [4.69, 9.17) is 4.74 Å². The summed E-state index contributed by atoms with van der Waals surface area (Å²) < 4.78 is 5.83. The van der Waals surface area contributed by atoms with Crippen LogP contribution in [0.3, 0.4) is 0 Å². The van der Waals surface area contributed by atoms with Crippen molar-refractivity contribution in [2.75, 3.05) is 26.2 Å². The average Bonchev–Trinajstić information content (AvgIpc) is 2.59. The van der Waals surface area contributed by atoms with Gasteiger partial charge in [0.15, 0.2) is 6.61 Å². The SMILES string of the molecule is Cc1ccc(C(C)C)c(OCC(=O)NCC(C)(C)N2CCCCC2)c1. The minimum Gasteiger partial charge on any atom is -0.483 e. The summed E-state index contributed by atoms with van der Waals surface area (Å²) in [5, 5.41) is 3.05. The van der Waals surface area contributed by atoms with E-state index in [2.05, 4.69) is 50.0 Å². The number of nitrogens with one attached hydrogen (secondary N) is 1. The molecule has 2 rings (SSSR count). The summed E-state index contributed by atoms with van der Waals surface area (Å²) in [4.78, 5) is 14.7. The molecule has 0 aliphatic carbocycles. The molecule has 0 unspecified atom stereocenters. The number of benzene rings is 1. The highest BCUT2D eigenvalue weighted by Crippen LogP contribution is 2.27. The second-order valence-electron chi connectivity index (χ2n) is 8.12. The Bertz CT molecular complexity index is 575. The van der Waals surface area contributed by atoms with Crippen LogP contribution in [0, 0.1) is 6.92 Å². The van der Waals surface area contributed by atoms with Crippen molar-refractivity contribution in [1.82, 2.24) is 10.2 Å². The maximum atomic E-state index is 12.3. The minimum absolute atomic E-state index is 0.0114. The van der Waals surface area contributed by atoms with Crippen molar-refractivity contribution in [2.45, 2.75) is 65.3 Å². The van der Waals surface area contributed by atoms with Gasteiger partial charge in [-0.3, -0.25) is 9.69 Å². The molecule has 1 aromatic rings. The maximum absolute atomic E-state index is 12.3. The first-order valence-electron chi connectivity index (χ1n) is 9.55. The third kappa shape index (κ3) is 5.74. The fourth-order valence-corrected chi connectivity index (χ4v) is 3.36.